The van der Waals surface area contributed by atoms with Gasteiger partial charge < -0.3 is 16.2 Å². The van der Waals surface area contributed by atoms with E-state index in [1.54, 1.807) is 0 Å². The molecule has 20 heavy (non-hydrogen) atoms. The number of rotatable bonds is 4. The molecule has 0 saturated carbocycles. The summed E-state index contributed by atoms with van der Waals surface area (Å²) in [4.78, 5) is 0. The van der Waals surface area contributed by atoms with Crippen LogP contribution in [0.4, 0.5) is 0 Å². The zero-order chi connectivity index (χ0) is 13.9. The number of benzene rings is 2. The van der Waals surface area contributed by atoms with E-state index in [4.69, 9.17) is 10.8 Å². The van der Waals surface area contributed by atoms with E-state index in [1.165, 1.54) is 16.7 Å². The summed E-state index contributed by atoms with van der Waals surface area (Å²) in [6.45, 7) is 0.913. The van der Waals surface area contributed by atoms with E-state index in [-0.39, 0.29) is 12.6 Å². The first-order chi connectivity index (χ1) is 9.78. The first-order valence-corrected chi connectivity index (χ1v) is 7.04. The van der Waals surface area contributed by atoms with Gasteiger partial charge in [-0.1, -0.05) is 48.5 Å². The lowest BCUT2D eigenvalue weighted by Gasteiger charge is -2.14. The predicted molar refractivity (Wildman–Crippen MR) is 79.9 cm³/mol. The Morgan fingerprint density at radius 1 is 1.00 bits per heavy atom. The Labute approximate surface area is 119 Å². The number of aliphatic hydroxyl groups is 1. The molecule has 1 aliphatic carbocycles. The Balaban J connectivity index is 1.67. The van der Waals surface area contributed by atoms with Gasteiger partial charge >= 0.3 is 0 Å². The second-order valence-electron chi connectivity index (χ2n) is 5.38. The number of hydrogen-bond donors (Lipinski definition) is 3. The normalized spacial score (nSPS) is 20.9. The van der Waals surface area contributed by atoms with E-state index in [0.29, 0.717) is 6.04 Å². The average Bonchev–Trinajstić information content (AvgIpc) is 2.83. The standard InChI is InChI=1S/C17H20N2O/c18-16-9-17(15-4-2-1-3-14(15)16)19-10-12-5-7-13(11-20)8-6-12/h1-8,16-17,19-20H,9-11,18H2. The molecular weight excluding hydrogens is 248 g/mol. The van der Waals surface area contributed by atoms with Gasteiger partial charge in [-0.2, -0.15) is 0 Å². The zero-order valence-electron chi connectivity index (χ0n) is 11.4. The van der Waals surface area contributed by atoms with Crippen molar-refractivity contribution in [1.29, 1.82) is 0 Å². The van der Waals surface area contributed by atoms with Crippen LogP contribution in [0.5, 0.6) is 0 Å². The zero-order valence-corrected chi connectivity index (χ0v) is 11.4. The molecule has 0 heterocycles. The highest BCUT2D eigenvalue weighted by molar-refractivity contribution is 5.37. The molecule has 0 radical (unpaired) electrons. The minimum Gasteiger partial charge on any atom is -0.392 e. The summed E-state index contributed by atoms with van der Waals surface area (Å²) in [7, 11) is 0. The number of aliphatic hydroxyl groups excluding tert-OH is 1. The molecule has 4 N–H and O–H groups in total. The minimum absolute atomic E-state index is 0.0958. The quantitative estimate of drug-likeness (QED) is 0.798. The lowest BCUT2D eigenvalue weighted by atomic mass is 10.1. The van der Waals surface area contributed by atoms with Crippen molar-refractivity contribution in [3.63, 3.8) is 0 Å². The lowest BCUT2D eigenvalue weighted by Crippen LogP contribution is -2.19. The third kappa shape index (κ3) is 2.61. The molecule has 1 aliphatic rings. The molecule has 3 nitrogen and oxygen atoms in total. The van der Waals surface area contributed by atoms with Gasteiger partial charge in [-0.05, 0) is 28.7 Å². The molecule has 2 aromatic rings. The Hall–Kier alpha value is -1.68. The molecule has 2 atom stereocenters. The number of hydrogen-bond acceptors (Lipinski definition) is 3. The van der Waals surface area contributed by atoms with Crippen LogP contribution in [-0.4, -0.2) is 5.11 Å². The van der Waals surface area contributed by atoms with Crippen LogP contribution in [0, 0.1) is 0 Å². The number of fused-ring (bicyclic) bond motifs is 1. The van der Waals surface area contributed by atoms with Crippen LogP contribution in [-0.2, 0) is 13.2 Å². The van der Waals surface area contributed by atoms with Crippen molar-refractivity contribution in [2.45, 2.75) is 31.7 Å². The molecule has 0 bridgehead atoms. The fraction of sp³-hybridized carbons (Fsp3) is 0.294. The van der Waals surface area contributed by atoms with Crippen molar-refractivity contribution in [1.82, 2.24) is 5.32 Å². The molecule has 3 rings (SSSR count). The summed E-state index contributed by atoms with van der Waals surface area (Å²) < 4.78 is 0. The van der Waals surface area contributed by atoms with Gasteiger partial charge in [0.1, 0.15) is 0 Å². The lowest BCUT2D eigenvalue weighted by molar-refractivity contribution is 0.282. The molecular formula is C17H20N2O. The summed E-state index contributed by atoms with van der Waals surface area (Å²) in [5.74, 6) is 0. The highest BCUT2D eigenvalue weighted by Crippen LogP contribution is 2.36. The Morgan fingerprint density at radius 3 is 2.35 bits per heavy atom. The minimum atomic E-state index is 0.0958. The number of nitrogens with two attached hydrogens (primary N) is 1. The molecule has 0 fully saturated rings. The summed E-state index contributed by atoms with van der Waals surface area (Å²) in [5.41, 5.74) is 10.9. The van der Waals surface area contributed by atoms with Crippen molar-refractivity contribution < 1.29 is 5.11 Å². The largest absolute Gasteiger partial charge is 0.392 e. The van der Waals surface area contributed by atoms with E-state index in [0.717, 1.165) is 18.5 Å². The summed E-state index contributed by atoms with van der Waals surface area (Å²) in [6, 6.07) is 16.9. The first-order valence-electron chi connectivity index (χ1n) is 7.04. The fourth-order valence-electron chi connectivity index (χ4n) is 2.87. The fourth-order valence-corrected chi connectivity index (χ4v) is 2.87. The van der Waals surface area contributed by atoms with Crippen LogP contribution in [0.15, 0.2) is 48.5 Å². The predicted octanol–water partition coefficient (Wildman–Crippen LogP) is 2.41. The maximum atomic E-state index is 9.04. The van der Waals surface area contributed by atoms with E-state index >= 15 is 0 Å². The van der Waals surface area contributed by atoms with Gasteiger partial charge in [0.15, 0.2) is 0 Å². The highest BCUT2D eigenvalue weighted by atomic mass is 16.3. The third-order valence-electron chi connectivity index (χ3n) is 4.02. The van der Waals surface area contributed by atoms with Gasteiger partial charge in [-0.25, -0.2) is 0 Å². The van der Waals surface area contributed by atoms with Crippen LogP contribution in [0.3, 0.4) is 0 Å². The Bertz CT molecular complexity index is 580. The molecule has 104 valence electrons. The van der Waals surface area contributed by atoms with E-state index in [9.17, 15) is 0 Å². The van der Waals surface area contributed by atoms with E-state index in [2.05, 4.69) is 41.7 Å². The molecule has 0 amide bonds. The van der Waals surface area contributed by atoms with Gasteiger partial charge in [0.2, 0.25) is 0 Å². The van der Waals surface area contributed by atoms with Crippen molar-refractivity contribution in [2.24, 2.45) is 5.73 Å². The average molecular weight is 268 g/mol. The van der Waals surface area contributed by atoms with Crippen LogP contribution in [0.2, 0.25) is 0 Å². The van der Waals surface area contributed by atoms with E-state index < -0.39 is 0 Å². The van der Waals surface area contributed by atoms with Crippen LogP contribution in [0.25, 0.3) is 0 Å². The second-order valence-corrected chi connectivity index (χ2v) is 5.38. The molecule has 2 aromatic carbocycles. The Kier molecular flexibility index (Phi) is 3.83. The van der Waals surface area contributed by atoms with Crippen molar-refractivity contribution in [2.75, 3.05) is 0 Å². The molecule has 0 aliphatic heterocycles. The number of nitrogens with one attached hydrogen (secondary N) is 1. The third-order valence-corrected chi connectivity index (χ3v) is 4.02. The van der Waals surface area contributed by atoms with Crippen LogP contribution < -0.4 is 11.1 Å². The van der Waals surface area contributed by atoms with Crippen molar-refractivity contribution in [3.8, 4) is 0 Å². The summed E-state index contributed by atoms with van der Waals surface area (Å²) in [6.07, 6.45) is 0.952. The van der Waals surface area contributed by atoms with Crippen LogP contribution >= 0.6 is 0 Å². The van der Waals surface area contributed by atoms with Crippen molar-refractivity contribution >= 4 is 0 Å². The molecule has 0 spiro atoms. The smallest absolute Gasteiger partial charge is 0.0681 e. The van der Waals surface area contributed by atoms with Gasteiger partial charge in [0.05, 0.1) is 6.61 Å². The topological polar surface area (TPSA) is 58.3 Å². The first kappa shape index (κ1) is 13.3. The Morgan fingerprint density at radius 2 is 1.65 bits per heavy atom. The molecule has 3 heteroatoms. The van der Waals surface area contributed by atoms with Crippen molar-refractivity contribution in [3.05, 3.63) is 70.8 Å². The molecule has 0 aromatic heterocycles. The monoisotopic (exact) mass is 268 g/mol. The summed E-state index contributed by atoms with van der Waals surface area (Å²) >= 11 is 0. The summed E-state index contributed by atoms with van der Waals surface area (Å²) in [5, 5.41) is 12.6. The maximum absolute atomic E-state index is 9.04. The highest BCUT2D eigenvalue weighted by Gasteiger charge is 2.27. The molecule has 2 unspecified atom stereocenters. The van der Waals surface area contributed by atoms with Gasteiger partial charge in [-0.3, -0.25) is 0 Å². The second kappa shape index (κ2) is 5.75. The SMILES string of the molecule is NC1CC(NCc2ccc(CO)cc2)c2ccccc21. The van der Waals surface area contributed by atoms with Gasteiger partial charge in [-0.15, -0.1) is 0 Å². The maximum Gasteiger partial charge on any atom is 0.0681 e. The van der Waals surface area contributed by atoms with Gasteiger partial charge in [0.25, 0.3) is 0 Å². The van der Waals surface area contributed by atoms with Gasteiger partial charge in [0, 0.05) is 18.6 Å². The van der Waals surface area contributed by atoms with E-state index in [1.807, 2.05) is 12.1 Å². The molecule has 0 saturated heterocycles. The van der Waals surface area contributed by atoms with Crippen LogP contribution in [0.1, 0.15) is 40.8 Å².